The minimum atomic E-state index is -0.881. The fourth-order valence-electron chi connectivity index (χ4n) is 5.06. The van der Waals surface area contributed by atoms with Crippen LogP contribution in [0.3, 0.4) is 0 Å². The molecule has 0 spiro atoms. The molecule has 8 nitrogen and oxygen atoms in total. The van der Waals surface area contributed by atoms with Crippen molar-refractivity contribution >= 4 is 68.1 Å². The number of benzene rings is 3. The van der Waals surface area contributed by atoms with Crippen LogP contribution in [0.5, 0.6) is 5.75 Å². The number of rotatable bonds is 5. The Balaban J connectivity index is 1.41. The third-order valence-corrected chi connectivity index (χ3v) is 9.97. The number of phenols is 1. The van der Waals surface area contributed by atoms with Crippen molar-refractivity contribution in [2.24, 2.45) is 5.92 Å². The number of amides is 3. The van der Waals surface area contributed by atoms with E-state index in [9.17, 15) is 28.7 Å². The van der Waals surface area contributed by atoms with Crippen LogP contribution in [0.1, 0.15) is 16.4 Å². The van der Waals surface area contributed by atoms with Crippen molar-refractivity contribution in [3.63, 3.8) is 0 Å². The number of nitrogens with zero attached hydrogens (tertiary/aromatic N) is 2. The summed E-state index contributed by atoms with van der Waals surface area (Å²) in [6.45, 7) is -0.349. The quantitative estimate of drug-likeness (QED) is 0.299. The number of halogens is 2. The third kappa shape index (κ3) is 4.55. The molecule has 3 atom stereocenters. The molecule has 0 aliphatic carbocycles. The number of phenolic OH excluding ortho intramolecular Hbond substituents is 1. The summed E-state index contributed by atoms with van der Waals surface area (Å²) in [4.78, 5) is 54.9. The highest BCUT2D eigenvalue weighted by Gasteiger charge is 2.57. The minimum Gasteiger partial charge on any atom is -0.508 e. The van der Waals surface area contributed by atoms with Gasteiger partial charge in [0.05, 0.1) is 16.6 Å². The van der Waals surface area contributed by atoms with Gasteiger partial charge in [-0.3, -0.25) is 23.7 Å². The Bertz CT molecular complexity index is 1720. The molecule has 2 N–H and O–H groups in total. The number of anilines is 2. The molecule has 3 aromatic carbocycles. The largest absolute Gasteiger partial charge is 0.508 e. The van der Waals surface area contributed by atoms with E-state index in [0.29, 0.717) is 26.8 Å². The van der Waals surface area contributed by atoms with Crippen molar-refractivity contribution in [1.82, 2.24) is 4.57 Å². The number of nitrogens with one attached hydrogen (secondary N) is 1. The number of para-hydroxylation sites is 1. The zero-order valence-corrected chi connectivity index (χ0v) is 23.6. The Kier molecular flexibility index (Phi) is 6.85. The number of hydrogen-bond donors (Lipinski definition) is 2. The van der Waals surface area contributed by atoms with Crippen molar-refractivity contribution in [1.29, 1.82) is 0 Å². The van der Waals surface area contributed by atoms with Crippen LogP contribution in [0.4, 0.5) is 15.8 Å². The molecular weight excluding hydrogens is 621 g/mol. The van der Waals surface area contributed by atoms with Crippen LogP contribution in [0.25, 0.3) is 0 Å². The molecule has 4 aromatic rings. The van der Waals surface area contributed by atoms with Crippen LogP contribution >= 0.6 is 39.0 Å². The summed E-state index contributed by atoms with van der Waals surface area (Å²) in [5, 5.41) is 13.0. The zero-order valence-electron chi connectivity index (χ0n) is 20.4. The minimum absolute atomic E-state index is 0.0621. The molecule has 1 saturated heterocycles. The van der Waals surface area contributed by atoms with Gasteiger partial charge in [-0.2, -0.15) is 0 Å². The predicted molar refractivity (Wildman–Crippen MR) is 153 cm³/mol. The molecule has 3 amide bonds. The standard InChI is InChI=1S/C28H19BrFN3O5S2/c29-14-5-11-17(12-6-14)33-25(36)22-21(18-3-1-2-4-19(18)34)24-27(39-23(22)26(33)37)32(28(38)40-24)13-20(35)31-16-9-7-15(30)8-10-16/h1-12,21-23,34H,13H2,(H,31,35)/t21-,22?,23?/m0/s1. The second-order valence-electron chi connectivity index (χ2n) is 9.27. The summed E-state index contributed by atoms with van der Waals surface area (Å²) in [7, 11) is 0. The number of carbonyl (C=O) groups excluding carboxylic acids is 3. The lowest BCUT2D eigenvalue weighted by atomic mass is 9.82. The van der Waals surface area contributed by atoms with E-state index in [1.165, 1.54) is 34.9 Å². The number of aromatic nitrogens is 1. The summed E-state index contributed by atoms with van der Waals surface area (Å²) in [6, 6.07) is 18.6. The Morgan fingerprint density at radius 1 is 0.975 bits per heavy atom. The Morgan fingerprint density at radius 3 is 2.38 bits per heavy atom. The van der Waals surface area contributed by atoms with Crippen LogP contribution in [0.2, 0.25) is 0 Å². The van der Waals surface area contributed by atoms with Crippen LogP contribution in [0, 0.1) is 11.7 Å². The molecule has 1 aromatic heterocycles. The average molecular weight is 641 g/mol. The molecule has 202 valence electrons. The Hall–Kier alpha value is -3.74. The van der Waals surface area contributed by atoms with E-state index in [4.69, 9.17) is 0 Å². The summed E-state index contributed by atoms with van der Waals surface area (Å²) < 4.78 is 15.3. The number of hydrogen-bond acceptors (Lipinski definition) is 7. The lowest BCUT2D eigenvalue weighted by Gasteiger charge is -2.31. The maximum absolute atomic E-state index is 13.9. The van der Waals surface area contributed by atoms with Gasteiger partial charge in [0.25, 0.3) is 0 Å². The topological polar surface area (TPSA) is 109 Å². The molecule has 6 rings (SSSR count). The second-order valence-corrected chi connectivity index (χ2v) is 12.3. The zero-order chi connectivity index (χ0) is 28.1. The number of aromatic hydroxyl groups is 1. The number of imide groups is 1. The number of thioether (sulfide) groups is 1. The highest BCUT2D eigenvalue weighted by Crippen LogP contribution is 2.55. The first kappa shape index (κ1) is 26.5. The van der Waals surface area contributed by atoms with E-state index < -0.39 is 45.5 Å². The molecule has 1 fully saturated rings. The van der Waals surface area contributed by atoms with E-state index >= 15 is 0 Å². The van der Waals surface area contributed by atoms with Gasteiger partial charge in [0.2, 0.25) is 17.7 Å². The van der Waals surface area contributed by atoms with Gasteiger partial charge in [-0.15, -0.1) is 0 Å². The summed E-state index contributed by atoms with van der Waals surface area (Å²) in [5.41, 5.74) is 1.20. The molecule has 0 bridgehead atoms. The number of thiazole rings is 1. The lowest BCUT2D eigenvalue weighted by Crippen LogP contribution is -2.33. The summed E-state index contributed by atoms with van der Waals surface area (Å²) in [5.74, 6) is -3.54. The van der Waals surface area contributed by atoms with Crippen molar-refractivity contribution in [2.75, 3.05) is 10.2 Å². The highest BCUT2D eigenvalue weighted by atomic mass is 79.9. The Labute approximate surface area is 243 Å². The van der Waals surface area contributed by atoms with E-state index in [2.05, 4.69) is 21.2 Å². The number of carbonyl (C=O) groups is 3. The monoisotopic (exact) mass is 639 g/mol. The van der Waals surface area contributed by atoms with Crippen LogP contribution < -0.4 is 15.1 Å². The smallest absolute Gasteiger partial charge is 0.308 e. The van der Waals surface area contributed by atoms with Crippen LogP contribution in [-0.4, -0.2) is 32.6 Å². The SMILES string of the molecule is O=C(Cn1c2c(sc1=O)[C@@H](c1ccccc1O)C1C(=O)N(c3ccc(Br)cc3)C(=O)C1S2)Nc1ccc(F)cc1. The van der Waals surface area contributed by atoms with E-state index in [1.54, 1.807) is 42.5 Å². The van der Waals surface area contributed by atoms with Crippen molar-refractivity contribution < 1.29 is 23.9 Å². The first-order chi connectivity index (χ1) is 19.2. The molecule has 3 heterocycles. The Morgan fingerprint density at radius 2 is 1.68 bits per heavy atom. The van der Waals surface area contributed by atoms with Gasteiger partial charge in [-0.1, -0.05) is 57.2 Å². The van der Waals surface area contributed by atoms with Crippen molar-refractivity contribution in [2.45, 2.75) is 22.7 Å². The fraction of sp³-hybridized carbons (Fsp3) is 0.143. The van der Waals surface area contributed by atoms with Gasteiger partial charge in [-0.25, -0.2) is 9.29 Å². The van der Waals surface area contributed by atoms with Gasteiger partial charge in [0.1, 0.15) is 23.4 Å². The van der Waals surface area contributed by atoms with Crippen molar-refractivity contribution in [3.8, 4) is 5.75 Å². The molecule has 2 aliphatic heterocycles. The molecule has 40 heavy (non-hydrogen) atoms. The maximum atomic E-state index is 13.9. The van der Waals surface area contributed by atoms with E-state index in [-0.39, 0.29) is 12.3 Å². The second kappa shape index (κ2) is 10.3. The highest BCUT2D eigenvalue weighted by molar-refractivity contribution is 9.10. The maximum Gasteiger partial charge on any atom is 0.308 e. The fourth-order valence-corrected chi connectivity index (χ4v) is 8.09. The van der Waals surface area contributed by atoms with Crippen LogP contribution in [-0.2, 0) is 20.9 Å². The molecule has 0 radical (unpaired) electrons. The summed E-state index contributed by atoms with van der Waals surface area (Å²) >= 11 is 5.34. The normalized spacial score (nSPS) is 19.9. The average Bonchev–Trinajstić information content (AvgIpc) is 3.37. The molecular formula is C28H19BrFN3O5S2. The number of fused-ring (bicyclic) bond motifs is 2. The van der Waals surface area contributed by atoms with Gasteiger partial charge < -0.3 is 10.4 Å². The first-order valence-corrected chi connectivity index (χ1v) is 14.6. The predicted octanol–water partition coefficient (Wildman–Crippen LogP) is 4.95. The van der Waals surface area contributed by atoms with Crippen molar-refractivity contribution in [3.05, 3.63) is 103 Å². The van der Waals surface area contributed by atoms with E-state index in [0.717, 1.165) is 32.5 Å². The molecule has 12 heteroatoms. The first-order valence-electron chi connectivity index (χ1n) is 12.1. The molecule has 0 saturated carbocycles. The third-order valence-electron chi connectivity index (χ3n) is 6.84. The van der Waals surface area contributed by atoms with Gasteiger partial charge in [-0.05, 0) is 54.6 Å². The van der Waals surface area contributed by atoms with Crippen LogP contribution in [0.15, 0.2) is 87.1 Å². The van der Waals surface area contributed by atoms with Gasteiger partial charge in [0, 0.05) is 26.5 Å². The van der Waals surface area contributed by atoms with Gasteiger partial charge >= 0.3 is 4.87 Å². The molecule has 2 aliphatic rings. The molecule has 2 unspecified atom stereocenters. The van der Waals surface area contributed by atoms with Gasteiger partial charge in [0.15, 0.2) is 0 Å². The van der Waals surface area contributed by atoms with E-state index in [1.807, 2.05) is 0 Å². The summed E-state index contributed by atoms with van der Waals surface area (Å²) in [6.07, 6.45) is 0. The lowest BCUT2D eigenvalue weighted by molar-refractivity contribution is -0.122.